The summed E-state index contributed by atoms with van der Waals surface area (Å²) in [5.41, 5.74) is -0.0256. The highest BCUT2D eigenvalue weighted by atomic mass is 19.1. The first-order valence-corrected chi connectivity index (χ1v) is 11.6. The molecule has 3 aliphatic heterocycles. The van der Waals surface area contributed by atoms with Gasteiger partial charge in [0.15, 0.2) is 11.6 Å². The number of Topliss-reactive ketones (excluding diaryl/α,β-unsaturated/α-hetero) is 1. The lowest BCUT2D eigenvalue weighted by molar-refractivity contribution is -0.161. The number of hydrogen-bond donors (Lipinski definition) is 1. The van der Waals surface area contributed by atoms with E-state index >= 15 is 4.39 Å². The number of halogens is 1. The molecule has 2 amide bonds. The monoisotopic (exact) mass is 481 g/mol. The van der Waals surface area contributed by atoms with Crippen molar-refractivity contribution in [1.82, 2.24) is 20.3 Å². The van der Waals surface area contributed by atoms with Crippen LogP contribution >= 0.6 is 0 Å². The first-order chi connectivity index (χ1) is 16.6. The number of aryl methyl sites for hydroxylation is 1. The Bertz CT molecular complexity index is 1430. The van der Waals surface area contributed by atoms with Crippen LogP contribution in [0.3, 0.4) is 0 Å². The first-order valence-electron chi connectivity index (χ1n) is 11.6. The zero-order chi connectivity index (χ0) is 24.8. The van der Waals surface area contributed by atoms with Gasteiger partial charge in [0.25, 0.3) is 0 Å². The molecule has 0 bridgehead atoms. The predicted octanol–water partition coefficient (Wildman–Crippen LogP) is 1.85. The summed E-state index contributed by atoms with van der Waals surface area (Å²) in [6.07, 6.45) is 2.45. The van der Waals surface area contributed by atoms with Gasteiger partial charge < -0.3 is 14.2 Å². The van der Waals surface area contributed by atoms with Crippen LogP contribution in [-0.2, 0) is 25.5 Å². The number of nitrogens with one attached hydrogen (secondary N) is 1. The minimum absolute atomic E-state index is 0.0311. The number of carbonyl (C=O) groups is 3. The third kappa shape index (κ3) is 2.81. The van der Waals surface area contributed by atoms with E-state index in [1.165, 1.54) is 11.6 Å². The number of imide groups is 1. The van der Waals surface area contributed by atoms with E-state index in [1.54, 1.807) is 30.3 Å². The Morgan fingerprint density at radius 2 is 2.00 bits per heavy atom. The second-order valence-electron chi connectivity index (χ2n) is 9.84. The van der Waals surface area contributed by atoms with Gasteiger partial charge in [-0.2, -0.15) is 5.10 Å². The molecule has 35 heavy (non-hydrogen) atoms. The van der Waals surface area contributed by atoms with Crippen LogP contribution in [0.2, 0.25) is 0 Å². The molecule has 0 saturated carbocycles. The quantitative estimate of drug-likeness (QED) is 0.413. The second-order valence-corrected chi connectivity index (χ2v) is 9.84. The van der Waals surface area contributed by atoms with E-state index < -0.39 is 46.9 Å². The maximum absolute atomic E-state index is 16.1. The lowest BCUT2D eigenvalue weighted by Gasteiger charge is -2.56. The number of anilines is 1. The lowest BCUT2D eigenvalue weighted by atomic mass is 9.61. The van der Waals surface area contributed by atoms with E-state index in [4.69, 9.17) is 9.26 Å². The average Bonchev–Trinajstić information content (AvgIpc) is 3.42. The number of rotatable bonds is 1. The number of benzene rings is 1. The van der Waals surface area contributed by atoms with Crippen LogP contribution in [0.1, 0.15) is 31.9 Å². The predicted molar refractivity (Wildman–Crippen MR) is 120 cm³/mol. The number of carbonyl (C=O) groups excluding carboxylic acids is 3. The Balaban J connectivity index is 1.61. The normalized spacial score (nSPS) is 30.5. The van der Waals surface area contributed by atoms with Crippen LogP contribution in [-0.4, -0.2) is 57.3 Å². The number of morpholine rings is 1. The summed E-state index contributed by atoms with van der Waals surface area (Å²) in [5.74, 6) is -3.12. The van der Waals surface area contributed by atoms with Gasteiger partial charge in [0.1, 0.15) is 5.41 Å². The molecule has 182 valence electrons. The van der Waals surface area contributed by atoms with Gasteiger partial charge in [0.05, 0.1) is 41.4 Å². The van der Waals surface area contributed by atoms with Crippen molar-refractivity contribution in [2.45, 2.75) is 52.4 Å². The molecular weight excluding hydrogens is 457 g/mol. The molecule has 1 spiro atoms. The van der Waals surface area contributed by atoms with E-state index in [2.05, 4.69) is 15.6 Å². The number of nitrogens with zero attached hydrogens (tertiary/aromatic N) is 4. The van der Waals surface area contributed by atoms with Crippen molar-refractivity contribution in [3.8, 4) is 5.82 Å². The summed E-state index contributed by atoms with van der Waals surface area (Å²) in [4.78, 5) is 41.2. The average molecular weight is 481 g/mol. The molecule has 2 fully saturated rings. The Morgan fingerprint density at radius 1 is 1.23 bits per heavy atom. The topological polar surface area (TPSA) is 120 Å². The van der Waals surface area contributed by atoms with Crippen molar-refractivity contribution < 1.29 is 28.0 Å². The highest BCUT2D eigenvalue weighted by molar-refractivity contribution is 6.24. The third-order valence-electron chi connectivity index (χ3n) is 7.48. The summed E-state index contributed by atoms with van der Waals surface area (Å²) in [6, 6.07) is 0.915. The fourth-order valence-electron chi connectivity index (χ4n) is 6.03. The number of aromatic nitrogens is 3. The minimum atomic E-state index is -1.61. The zero-order valence-corrected chi connectivity index (χ0v) is 19.7. The van der Waals surface area contributed by atoms with Crippen molar-refractivity contribution in [1.29, 1.82) is 0 Å². The summed E-state index contributed by atoms with van der Waals surface area (Å²) in [6.45, 7) is 7.24. The van der Waals surface area contributed by atoms with Crippen LogP contribution in [0.15, 0.2) is 23.0 Å². The molecule has 0 radical (unpaired) electrons. The zero-order valence-electron chi connectivity index (χ0n) is 19.7. The van der Waals surface area contributed by atoms with Crippen molar-refractivity contribution in [3.05, 3.63) is 35.4 Å². The summed E-state index contributed by atoms with van der Waals surface area (Å²) in [5, 5.41) is 11.1. The standard InChI is InChI=1S/C24H24FN5O5/c1-10-7-26-30(8-10)21-15-5-14-6-24(20(31)12(3)22(32)27-23(24)33)19-13(4)34-11(2)9-29(19)17(14)16(25)18(15)35-28-21/h5,7-8,11-13,19H,6,9H2,1-4H3,(H,27,32,33). The van der Waals surface area contributed by atoms with E-state index in [1.807, 2.05) is 13.8 Å². The van der Waals surface area contributed by atoms with E-state index in [-0.39, 0.29) is 30.3 Å². The number of hydrogen-bond acceptors (Lipinski definition) is 8. The number of amides is 2. The smallest absolute Gasteiger partial charge is 0.242 e. The molecule has 2 aromatic heterocycles. The minimum Gasteiger partial charge on any atom is -0.372 e. The Kier molecular flexibility index (Phi) is 4.51. The van der Waals surface area contributed by atoms with Crippen molar-refractivity contribution >= 4 is 34.3 Å². The third-order valence-corrected chi connectivity index (χ3v) is 7.48. The number of ketones is 1. The second kappa shape index (κ2) is 7.20. The van der Waals surface area contributed by atoms with Crippen molar-refractivity contribution in [3.63, 3.8) is 0 Å². The van der Waals surface area contributed by atoms with Crippen molar-refractivity contribution in [2.75, 3.05) is 11.4 Å². The number of ether oxygens (including phenoxy) is 1. The molecule has 1 N–H and O–H groups in total. The molecule has 3 aliphatic rings. The van der Waals surface area contributed by atoms with Gasteiger partial charge in [-0.25, -0.2) is 9.07 Å². The molecule has 1 aromatic carbocycles. The van der Waals surface area contributed by atoms with Gasteiger partial charge >= 0.3 is 0 Å². The fourth-order valence-corrected chi connectivity index (χ4v) is 6.03. The van der Waals surface area contributed by atoms with Gasteiger partial charge in [-0.05, 0) is 51.3 Å². The van der Waals surface area contributed by atoms with Gasteiger partial charge in [-0.3, -0.25) is 19.7 Å². The summed E-state index contributed by atoms with van der Waals surface area (Å²) in [7, 11) is 0. The molecule has 11 heteroatoms. The van der Waals surface area contributed by atoms with Crippen LogP contribution in [0.5, 0.6) is 0 Å². The van der Waals surface area contributed by atoms with E-state index in [0.29, 0.717) is 16.8 Å². The fraction of sp³-hybridized carbons (Fsp3) is 0.458. The molecule has 6 rings (SSSR count). The van der Waals surface area contributed by atoms with Gasteiger partial charge in [-0.15, -0.1) is 0 Å². The molecule has 3 aromatic rings. The van der Waals surface area contributed by atoms with Gasteiger partial charge in [-0.1, -0.05) is 5.16 Å². The first kappa shape index (κ1) is 21.9. The lowest BCUT2D eigenvalue weighted by Crippen LogP contribution is -2.73. The molecule has 5 heterocycles. The SMILES string of the molecule is Cc1cnn(-c2noc3c(F)c4c(cc23)CC2(C(=O)NC(=O)C(C)C2=O)C2C(C)OC(C)CN42)c1. The molecule has 5 atom stereocenters. The van der Waals surface area contributed by atoms with Crippen LogP contribution < -0.4 is 10.2 Å². The largest absolute Gasteiger partial charge is 0.372 e. The van der Waals surface area contributed by atoms with Gasteiger partial charge in [0.2, 0.25) is 23.2 Å². The van der Waals surface area contributed by atoms with Crippen LogP contribution in [0.25, 0.3) is 16.8 Å². The number of fused-ring (bicyclic) bond motifs is 5. The molecule has 5 unspecified atom stereocenters. The van der Waals surface area contributed by atoms with Gasteiger partial charge in [0, 0.05) is 12.7 Å². The van der Waals surface area contributed by atoms with Crippen LogP contribution in [0, 0.1) is 24.1 Å². The number of piperidine rings is 1. The maximum Gasteiger partial charge on any atom is 0.242 e. The Labute approximate surface area is 199 Å². The molecular formula is C24H24FN5O5. The molecule has 0 aliphatic carbocycles. The van der Waals surface area contributed by atoms with Crippen molar-refractivity contribution in [2.24, 2.45) is 11.3 Å². The Morgan fingerprint density at radius 3 is 2.71 bits per heavy atom. The maximum atomic E-state index is 16.1. The molecule has 10 nitrogen and oxygen atoms in total. The Hall–Kier alpha value is -3.60. The summed E-state index contributed by atoms with van der Waals surface area (Å²) >= 11 is 0. The highest BCUT2D eigenvalue weighted by Gasteiger charge is 2.64. The summed E-state index contributed by atoms with van der Waals surface area (Å²) < 4.78 is 29.0. The molecule has 2 saturated heterocycles. The highest BCUT2D eigenvalue weighted by Crippen LogP contribution is 2.50. The van der Waals surface area contributed by atoms with Crippen LogP contribution in [0.4, 0.5) is 10.1 Å². The van der Waals surface area contributed by atoms with E-state index in [9.17, 15) is 14.4 Å². The van der Waals surface area contributed by atoms with E-state index in [0.717, 1.165) is 5.56 Å².